The molecule has 1 heterocycles. The van der Waals surface area contributed by atoms with Crippen molar-refractivity contribution in [1.29, 1.82) is 0 Å². The Balaban J connectivity index is 2.09. The molecule has 1 amide bonds. The van der Waals surface area contributed by atoms with Crippen LogP contribution in [0.25, 0.3) is 0 Å². The zero-order valence-electron chi connectivity index (χ0n) is 12.8. The molecule has 1 aromatic carbocycles. The van der Waals surface area contributed by atoms with Gasteiger partial charge in [-0.05, 0) is 37.0 Å². The Morgan fingerprint density at radius 2 is 1.90 bits per heavy atom. The summed E-state index contributed by atoms with van der Waals surface area (Å²) in [6.45, 7) is 2.09. The van der Waals surface area contributed by atoms with Crippen LogP contribution in [-0.2, 0) is 11.2 Å². The van der Waals surface area contributed by atoms with Gasteiger partial charge in [0.15, 0.2) is 11.5 Å². The van der Waals surface area contributed by atoms with Crippen LogP contribution in [-0.4, -0.2) is 44.7 Å². The lowest BCUT2D eigenvalue weighted by molar-refractivity contribution is -0.134. The fourth-order valence-corrected chi connectivity index (χ4v) is 2.76. The molecule has 1 saturated heterocycles. The lowest BCUT2D eigenvalue weighted by Gasteiger charge is -2.22. The first kappa shape index (κ1) is 15.6. The highest BCUT2D eigenvalue weighted by Crippen LogP contribution is 2.28. The molecule has 0 bridgehead atoms. The van der Waals surface area contributed by atoms with Gasteiger partial charge in [0.1, 0.15) is 0 Å². The summed E-state index contributed by atoms with van der Waals surface area (Å²) in [5.41, 5.74) is 6.85. The highest BCUT2D eigenvalue weighted by atomic mass is 16.5. The number of hydrogen-bond donors (Lipinski definition) is 1. The molecule has 1 atom stereocenters. The molecule has 0 aliphatic carbocycles. The molecule has 1 fully saturated rings. The normalized spacial score (nSPS) is 15.9. The molecule has 1 unspecified atom stereocenters. The molecule has 2 N–H and O–H groups in total. The van der Waals surface area contributed by atoms with E-state index in [4.69, 9.17) is 15.2 Å². The minimum atomic E-state index is -0.166. The second-order valence-corrected chi connectivity index (χ2v) is 5.36. The number of hydrogen-bond acceptors (Lipinski definition) is 4. The molecule has 5 heteroatoms. The van der Waals surface area contributed by atoms with Gasteiger partial charge >= 0.3 is 0 Å². The lowest BCUT2D eigenvalue weighted by atomic mass is 9.97. The van der Waals surface area contributed by atoms with Crippen LogP contribution in [0.1, 0.15) is 18.4 Å². The summed E-state index contributed by atoms with van der Waals surface area (Å²) in [6, 6.07) is 5.74. The van der Waals surface area contributed by atoms with E-state index < -0.39 is 0 Å². The van der Waals surface area contributed by atoms with Gasteiger partial charge in [-0.1, -0.05) is 6.07 Å². The summed E-state index contributed by atoms with van der Waals surface area (Å²) < 4.78 is 10.5. The molecule has 5 nitrogen and oxygen atoms in total. The smallest absolute Gasteiger partial charge is 0.227 e. The van der Waals surface area contributed by atoms with Crippen molar-refractivity contribution in [3.05, 3.63) is 23.8 Å². The molecule has 2 rings (SSSR count). The Morgan fingerprint density at radius 3 is 2.48 bits per heavy atom. The summed E-state index contributed by atoms with van der Waals surface area (Å²) >= 11 is 0. The number of rotatable bonds is 6. The molecule has 0 saturated carbocycles. The number of amides is 1. The zero-order valence-corrected chi connectivity index (χ0v) is 12.8. The van der Waals surface area contributed by atoms with Gasteiger partial charge < -0.3 is 20.1 Å². The van der Waals surface area contributed by atoms with Gasteiger partial charge in [-0.25, -0.2) is 0 Å². The van der Waals surface area contributed by atoms with Gasteiger partial charge in [0.2, 0.25) is 5.91 Å². The van der Waals surface area contributed by atoms with Gasteiger partial charge in [0.05, 0.1) is 20.1 Å². The highest BCUT2D eigenvalue weighted by molar-refractivity contribution is 5.79. The van der Waals surface area contributed by atoms with E-state index in [1.807, 2.05) is 23.1 Å². The van der Waals surface area contributed by atoms with Crippen molar-refractivity contribution >= 4 is 5.91 Å². The van der Waals surface area contributed by atoms with Crippen LogP contribution in [0.15, 0.2) is 18.2 Å². The van der Waals surface area contributed by atoms with E-state index in [9.17, 15) is 4.79 Å². The monoisotopic (exact) mass is 292 g/mol. The van der Waals surface area contributed by atoms with Crippen LogP contribution in [0.4, 0.5) is 0 Å². The third-order valence-electron chi connectivity index (χ3n) is 3.98. The molecule has 0 aromatic heterocycles. The average molecular weight is 292 g/mol. The van der Waals surface area contributed by atoms with E-state index in [1.54, 1.807) is 14.2 Å². The first-order valence-electron chi connectivity index (χ1n) is 7.39. The van der Waals surface area contributed by atoms with Gasteiger partial charge in [-0.15, -0.1) is 0 Å². The molecule has 1 aromatic rings. The molecule has 1 aliphatic heterocycles. The van der Waals surface area contributed by atoms with E-state index in [2.05, 4.69) is 0 Å². The minimum absolute atomic E-state index is 0.166. The number of carbonyl (C=O) groups is 1. The molecule has 116 valence electrons. The van der Waals surface area contributed by atoms with Gasteiger partial charge in [0.25, 0.3) is 0 Å². The SMILES string of the molecule is COc1ccc(CC(CN)C(=O)N2CCCC2)cc1OC. The maximum absolute atomic E-state index is 12.4. The minimum Gasteiger partial charge on any atom is -0.493 e. The van der Waals surface area contributed by atoms with Gasteiger partial charge in [-0.2, -0.15) is 0 Å². The van der Waals surface area contributed by atoms with Gasteiger partial charge in [-0.3, -0.25) is 4.79 Å². The van der Waals surface area contributed by atoms with Crippen LogP contribution in [0.5, 0.6) is 11.5 Å². The summed E-state index contributed by atoms with van der Waals surface area (Å²) in [5.74, 6) is 1.38. The number of ether oxygens (including phenoxy) is 2. The third kappa shape index (κ3) is 3.67. The zero-order chi connectivity index (χ0) is 15.2. The summed E-state index contributed by atoms with van der Waals surface area (Å²) in [7, 11) is 3.22. The first-order chi connectivity index (χ1) is 10.2. The maximum atomic E-state index is 12.4. The van der Waals surface area contributed by atoms with Crippen LogP contribution in [0.2, 0.25) is 0 Å². The van der Waals surface area contributed by atoms with E-state index in [1.165, 1.54) is 0 Å². The Labute approximate surface area is 126 Å². The largest absolute Gasteiger partial charge is 0.493 e. The number of benzene rings is 1. The third-order valence-corrected chi connectivity index (χ3v) is 3.98. The number of likely N-dealkylation sites (tertiary alicyclic amines) is 1. The first-order valence-corrected chi connectivity index (χ1v) is 7.39. The van der Waals surface area contributed by atoms with Crippen molar-refractivity contribution in [2.45, 2.75) is 19.3 Å². The van der Waals surface area contributed by atoms with Crippen LogP contribution in [0, 0.1) is 5.92 Å². The van der Waals surface area contributed by atoms with Crippen molar-refractivity contribution in [1.82, 2.24) is 4.90 Å². The van der Waals surface area contributed by atoms with Crippen molar-refractivity contribution in [2.75, 3.05) is 33.9 Å². The van der Waals surface area contributed by atoms with Crippen LogP contribution < -0.4 is 15.2 Å². The van der Waals surface area contributed by atoms with Crippen molar-refractivity contribution in [3.8, 4) is 11.5 Å². The quantitative estimate of drug-likeness (QED) is 0.862. The molecular weight excluding hydrogens is 268 g/mol. The number of carbonyl (C=O) groups excluding carboxylic acids is 1. The van der Waals surface area contributed by atoms with Gasteiger partial charge in [0, 0.05) is 19.6 Å². The molecule has 0 spiro atoms. The fourth-order valence-electron chi connectivity index (χ4n) is 2.76. The molecule has 0 radical (unpaired) electrons. The van der Waals surface area contributed by atoms with Crippen LogP contribution >= 0.6 is 0 Å². The van der Waals surface area contributed by atoms with E-state index in [0.717, 1.165) is 31.5 Å². The predicted octanol–water partition coefficient (Wildman–Crippen LogP) is 1.44. The Bertz CT molecular complexity index is 484. The second kappa shape index (κ2) is 7.31. The fraction of sp³-hybridized carbons (Fsp3) is 0.562. The number of nitrogens with zero attached hydrogens (tertiary/aromatic N) is 1. The number of methoxy groups -OCH3 is 2. The summed E-state index contributed by atoms with van der Waals surface area (Å²) in [5, 5.41) is 0. The standard InChI is InChI=1S/C16H24N2O3/c1-20-14-6-5-12(10-15(14)21-2)9-13(11-17)16(19)18-7-3-4-8-18/h5-6,10,13H,3-4,7-9,11,17H2,1-2H3. The molecular formula is C16H24N2O3. The lowest BCUT2D eigenvalue weighted by Crippen LogP contribution is -2.38. The van der Waals surface area contributed by atoms with Crippen molar-refractivity contribution in [2.24, 2.45) is 11.7 Å². The Kier molecular flexibility index (Phi) is 5.44. The van der Waals surface area contributed by atoms with Crippen molar-refractivity contribution in [3.63, 3.8) is 0 Å². The predicted molar refractivity (Wildman–Crippen MR) is 81.6 cm³/mol. The van der Waals surface area contributed by atoms with E-state index in [0.29, 0.717) is 24.5 Å². The highest BCUT2D eigenvalue weighted by Gasteiger charge is 2.25. The molecule has 21 heavy (non-hydrogen) atoms. The van der Waals surface area contributed by atoms with E-state index >= 15 is 0 Å². The van der Waals surface area contributed by atoms with Crippen molar-refractivity contribution < 1.29 is 14.3 Å². The summed E-state index contributed by atoms with van der Waals surface area (Å²) in [4.78, 5) is 14.4. The summed E-state index contributed by atoms with van der Waals surface area (Å²) in [6.07, 6.45) is 2.82. The van der Waals surface area contributed by atoms with Crippen LogP contribution in [0.3, 0.4) is 0 Å². The average Bonchev–Trinajstić information content (AvgIpc) is 3.06. The second-order valence-electron chi connectivity index (χ2n) is 5.36. The Hall–Kier alpha value is -1.75. The Morgan fingerprint density at radius 1 is 1.24 bits per heavy atom. The number of nitrogens with two attached hydrogens (primary N) is 1. The van der Waals surface area contributed by atoms with E-state index in [-0.39, 0.29) is 11.8 Å². The topological polar surface area (TPSA) is 64.8 Å². The molecule has 1 aliphatic rings. The maximum Gasteiger partial charge on any atom is 0.227 e.